The van der Waals surface area contributed by atoms with Crippen LogP contribution in [0.2, 0.25) is 0 Å². The van der Waals surface area contributed by atoms with E-state index < -0.39 is 11.9 Å². The topological polar surface area (TPSA) is 63.6 Å². The Morgan fingerprint density at radius 3 is 2.35 bits per heavy atom. The second kappa shape index (κ2) is 5.93. The molecular weight excluding hydrogens is 292 g/mol. The summed E-state index contributed by atoms with van der Waals surface area (Å²) < 4.78 is 5.33. The number of fused-ring (bicyclic) bond motifs is 1. The molecule has 4 heteroatoms. The van der Waals surface area contributed by atoms with Crippen LogP contribution < -0.4 is 4.74 Å². The van der Waals surface area contributed by atoms with Crippen LogP contribution >= 0.6 is 0 Å². The van der Waals surface area contributed by atoms with E-state index in [1.165, 1.54) is 6.92 Å². The van der Waals surface area contributed by atoms with Gasteiger partial charge >= 0.3 is 11.9 Å². The molecule has 3 aromatic carbocycles. The van der Waals surface area contributed by atoms with E-state index in [1.54, 1.807) is 30.3 Å². The molecule has 0 amide bonds. The zero-order chi connectivity index (χ0) is 16.4. The molecule has 0 saturated carbocycles. The van der Waals surface area contributed by atoms with Crippen molar-refractivity contribution in [2.45, 2.75) is 6.92 Å². The highest BCUT2D eigenvalue weighted by molar-refractivity contribution is 6.03. The van der Waals surface area contributed by atoms with Crippen molar-refractivity contribution < 1.29 is 19.4 Å². The van der Waals surface area contributed by atoms with Gasteiger partial charge in [0.25, 0.3) is 0 Å². The van der Waals surface area contributed by atoms with E-state index in [0.29, 0.717) is 5.75 Å². The number of ether oxygens (including phenoxy) is 1. The Morgan fingerprint density at radius 2 is 1.70 bits per heavy atom. The predicted octanol–water partition coefficient (Wildman–Crippen LogP) is 4.13. The lowest BCUT2D eigenvalue weighted by Gasteiger charge is -2.13. The van der Waals surface area contributed by atoms with E-state index in [2.05, 4.69) is 0 Å². The van der Waals surface area contributed by atoms with Crippen LogP contribution in [0.15, 0.2) is 60.7 Å². The first kappa shape index (κ1) is 14.8. The minimum absolute atomic E-state index is 0.219. The molecule has 114 valence electrons. The average molecular weight is 306 g/mol. The van der Waals surface area contributed by atoms with Crippen molar-refractivity contribution in [3.8, 4) is 16.9 Å². The smallest absolute Gasteiger partial charge is 0.335 e. The molecule has 1 N–H and O–H groups in total. The maximum atomic E-state index is 11.4. The number of benzene rings is 3. The van der Waals surface area contributed by atoms with Gasteiger partial charge in [-0.2, -0.15) is 0 Å². The summed E-state index contributed by atoms with van der Waals surface area (Å²) in [6.45, 7) is 1.35. The van der Waals surface area contributed by atoms with Gasteiger partial charge in [0.1, 0.15) is 5.75 Å². The van der Waals surface area contributed by atoms with Gasteiger partial charge in [0.05, 0.1) is 5.56 Å². The Balaban J connectivity index is 2.30. The number of hydrogen-bond donors (Lipinski definition) is 1. The van der Waals surface area contributed by atoms with Crippen molar-refractivity contribution in [1.82, 2.24) is 0 Å². The third-order valence-electron chi connectivity index (χ3n) is 3.54. The molecule has 3 aromatic rings. The zero-order valence-corrected chi connectivity index (χ0v) is 12.4. The van der Waals surface area contributed by atoms with Crippen LogP contribution in [0.5, 0.6) is 5.75 Å². The van der Waals surface area contributed by atoms with E-state index >= 15 is 0 Å². The molecule has 23 heavy (non-hydrogen) atoms. The molecule has 0 aromatic heterocycles. The molecule has 0 heterocycles. The molecule has 0 aliphatic carbocycles. The molecular formula is C19H14O4. The monoisotopic (exact) mass is 306 g/mol. The Labute approximate surface area is 132 Å². The van der Waals surface area contributed by atoms with Crippen LogP contribution in [-0.2, 0) is 4.79 Å². The summed E-state index contributed by atoms with van der Waals surface area (Å²) in [4.78, 5) is 22.5. The lowest BCUT2D eigenvalue weighted by molar-refractivity contribution is -0.131. The minimum atomic E-state index is -0.975. The van der Waals surface area contributed by atoms with Crippen LogP contribution in [0.3, 0.4) is 0 Å². The molecule has 3 rings (SSSR count). The minimum Gasteiger partial charge on any atom is -0.478 e. The van der Waals surface area contributed by atoms with E-state index in [0.717, 1.165) is 21.9 Å². The van der Waals surface area contributed by atoms with Crippen LogP contribution in [-0.4, -0.2) is 17.0 Å². The fraction of sp³-hybridized carbons (Fsp3) is 0.0526. The molecule has 0 fully saturated rings. The lowest BCUT2D eigenvalue weighted by atomic mass is 9.96. The summed E-state index contributed by atoms with van der Waals surface area (Å²) in [6, 6.07) is 17.9. The van der Waals surface area contributed by atoms with Crippen molar-refractivity contribution in [2.24, 2.45) is 0 Å². The van der Waals surface area contributed by atoms with Crippen molar-refractivity contribution >= 4 is 22.7 Å². The lowest BCUT2D eigenvalue weighted by Crippen LogP contribution is -2.03. The fourth-order valence-corrected chi connectivity index (χ4v) is 2.59. The van der Waals surface area contributed by atoms with Crippen LogP contribution in [0.25, 0.3) is 21.9 Å². The molecule has 0 unspecified atom stereocenters. The summed E-state index contributed by atoms with van der Waals surface area (Å²) >= 11 is 0. The molecule has 4 nitrogen and oxygen atoms in total. The third kappa shape index (κ3) is 2.92. The molecule has 0 saturated heterocycles. The van der Waals surface area contributed by atoms with Crippen LogP contribution in [0.1, 0.15) is 17.3 Å². The van der Waals surface area contributed by atoms with Crippen molar-refractivity contribution in [3.63, 3.8) is 0 Å². The first-order valence-electron chi connectivity index (χ1n) is 7.10. The molecule has 0 radical (unpaired) electrons. The van der Waals surface area contributed by atoms with Crippen LogP contribution in [0.4, 0.5) is 0 Å². The van der Waals surface area contributed by atoms with Gasteiger partial charge in [-0.25, -0.2) is 4.79 Å². The highest BCUT2D eigenvalue weighted by Crippen LogP contribution is 2.37. The molecule has 0 spiro atoms. The van der Waals surface area contributed by atoms with Gasteiger partial charge < -0.3 is 9.84 Å². The summed E-state index contributed by atoms with van der Waals surface area (Å²) in [5.74, 6) is -0.916. The van der Waals surface area contributed by atoms with Gasteiger partial charge in [-0.05, 0) is 34.5 Å². The van der Waals surface area contributed by atoms with Gasteiger partial charge in [-0.3, -0.25) is 4.79 Å². The van der Waals surface area contributed by atoms with E-state index in [-0.39, 0.29) is 5.56 Å². The van der Waals surface area contributed by atoms with Crippen molar-refractivity contribution in [2.75, 3.05) is 0 Å². The quantitative estimate of drug-likeness (QED) is 0.583. The largest absolute Gasteiger partial charge is 0.478 e. The Bertz CT molecular complexity index is 898. The number of aromatic carboxylic acids is 1. The summed E-state index contributed by atoms with van der Waals surface area (Å²) in [7, 11) is 0. The summed E-state index contributed by atoms with van der Waals surface area (Å²) in [5.41, 5.74) is 1.89. The highest BCUT2D eigenvalue weighted by atomic mass is 16.5. The van der Waals surface area contributed by atoms with Gasteiger partial charge in [0.2, 0.25) is 0 Å². The molecule has 0 atom stereocenters. The number of rotatable bonds is 3. The summed E-state index contributed by atoms with van der Waals surface area (Å²) in [6.07, 6.45) is 0. The van der Waals surface area contributed by atoms with Gasteiger partial charge in [0.15, 0.2) is 0 Å². The maximum Gasteiger partial charge on any atom is 0.335 e. The molecule has 0 aliphatic rings. The number of esters is 1. The van der Waals surface area contributed by atoms with Crippen LogP contribution in [0, 0.1) is 0 Å². The number of carbonyl (C=O) groups excluding carboxylic acids is 1. The van der Waals surface area contributed by atoms with E-state index in [9.17, 15) is 9.59 Å². The SMILES string of the molecule is CC(=O)Oc1ccc2cc(C(=O)O)ccc2c1-c1ccccc1. The maximum absolute atomic E-state index is 11.4. The Hall–Kier alpha value is -3.14. The molecule has 0 aliphatic heterocycles. The normalized spacial score (nSPS) is 10.5. The standard InChI is InChI=1S/C19H14O4/c1-12(20)23-17-10-8-14-11-15(19(21)22)7-9-16(14)18(17)13-5-3-2-4-6-13/h2-11H,1H3,(H,21,22). The number of hydrogen-bond acceptors (Lipinski definition) is 3. The third-order valence-corrected chi connectivity index (χ3v) is 3.54. The fourth-order valence-electron chi connectivity index (χ4n) is 2.59. The first-order valence-corrected chi connectivity index (χ1v) is 7.10. The first-order chi connectivity index (χ1) is 11.1. The van der Waals surface area contributed by atoms with Gasteiger partial charge in [-0.15, -0.1) is 0 Å². The summed E-state index contributed by atoms with van der Waals surface area (Å²) in [5, 5.41) is 10.7. The van der Waals surface area contributed by atoms with Gasteiger partial charge in [-0.1, -0.05) is 42.5 Å². The number of carboxylic acid groups (broad SMARTS) is 1. The van der Waals surface area contributed by atoms with E-state index in [4.69, 9.17) is 9.84 Å². The molecule has 0 bridgehead atoms. The second-order valence-electron chi connectivity index (χ2n) is 5.14. The van der Waals surface area contributed by atoms with E-state index in [1.807, 2.05) is 30.3 Å². The predicted molar refractivity (Wildman–Crippen MR) is 87.7 cm³/mol. The number of carboxylic acids is 1. The number of carbonyl (C=O) groups is 2. The second-order valence-corrected chi connectivity index (χ2v) is 5.14. The Morgan fingerprint density at radius 1 is 0.957 bits per heavy atom. The Kier molecular flexibility index (Phi) is 3.81. The zero-order valence-electron chi connectivity index (χ0n) is 12.4. The average Bonchev–Trinajstić information content (AvgIpc) is 2.54. The highest BCUT2D eigenvalue weighted by Gasteiger charge is 2.14. The van der Waals surface area contributed by atoms with Crippen molar-refractivity contribution in [3.05, 3.63) is 66.2 Å². The van der Waals surface area contributed by atoms with Crippen molar-refractivity contribution in [1.29, 1.82) is 0 Å². The van der Waals surface area contributed by atoms with Gasteiger partial charge in [0, 0.05) is 12.5 Å².